The van der Waals surface area contributed by atoms with Crippen molar-refractivity contribution in [2.75, 3.05) is 13.7 Å². The summed E-state index contributed by atoms with van der Waals surface area (Å²) in [5.41, 5.74) is 7.98. The molecule has 0 fully saturated rings. The number of benzene rings is 1. The van der Waals surface area contributed by atoms with Crippen LogP contribution in [-0.4, -0.2) is 18.7 Å². The molecule has 0 aliphatic heterocycles. The largest absolute Gasteiger partial charge is 0.383 e. The van der Waals surface area contributed by atoms with E-state index in [4.69, 9.17) is 10.5 Å². The van der Waals surface area contributed by atoms with E-state index in [1.54, 1.807) is 13.3 Å². The van der Waals surface area contributed by atoms with E-state index >= 15 is 0 Å². The zero-order chi connectivity index (χ0) is 10.7. The SMILES string of the molecule is COCC(N)c1ccc2cccnc2c1. The second kappa shape index (κ2) is 4.38. The van der Waals surface area contributed by atoms with Crippen molar-refractivity contribution in [2.24, 2.45) is 5.73 Å². The van der Waals surface area contributed by atoms with E-state index < -0.39 is 0 Å². The number of nitrogens with two attached hydrogens (primary N) is 1. The van der Waals surface area contributed by atoms with E-state index in [9.17, 15) is 0 Å². The van der Waals surface area contributed by atoms with Crippen LogP contribution >= 0.6 is 0 Å². The van der Waals surface area contributed by atoms with Gasteiger partial charge in [0, 0.05) is 18.7 Å². The van der Waals surface area contributed by atoms with Gasteiger partial charge in [-0.25, -0.2) is 0 Å². The van der Waals surface area contributed by atoms with Gasteiger partial charge >= 0.3 is 0 Å². The lowest BCUT2D eigenvalue weighted by molar-refractivity contribution is 0.181. The fourth-order valence-corrected chi connectivity index (χ4v) is 1.59. The first kappa shape index (κ1) is 10.1. The molecule has 0 saturated carbocycles. The smallest absolute Gasteiger partial charge is 0.0705 e. The molecule has 0 bridgehead atoms. The monoisotopic (exact) mass is 202 g/mol. The van der Waals surface area contributed by atoms with Crippen LogP contribution in [0.4, 0.5) is 0 Å². The maximum absolute atomic E-state index is 5.94. The van der Waals surface area contributed by atoms with Crippen molar-refractivity contribution in [2.45, 2.75) is 6.04 Å². The molecule has 1 unspecified atom stereocenters. The summed E-state index contributed by atoms with van der Waals surface area (Å²) in [4.78, 5) is 4.29. The molecule has 0 amide bonds. The van der Waals surface area contributed by atoms with Gasteiger partial charge in [-0.05, 0) is 17.7 Å². The Hall–Kier alpha value is -1.45. The molecular formula is C12H14N2O. The molecule has 1 heterocycles. The number of fused-ring (bicyclic) bond motifs is 1. The number of pyridine rings is 1. The van der Waals surface area contributed by atoms with Gasteiger partial charge in [0.05, 0.1) is 18.2 Å². The van der Waals surface area contributed by atoms with Gasteiger partial charge in [0.2, 0.25) is 0 Å². The highest BCUT2D eigenvalue weighted by Gasteiger charge is 2.05. The Morgan fingerprint density at radius 3 is 3.07 bits per heavy atom. The van der Waals surface area contributed by atoms with Crippen LogP contribution in [0.1, 0.15) is 11.6 Å². The molecule has 0 aliphatic rings. The molecule has 1 atom stereocenters. The Morgan fingerprint density at radius 2 is 2.27 bits per heavy atom. The van der Waals surface area contributed by atoms with Gasteiger partial charge in [0.25, 0.3) is 0 Å². The van der Waals surface area contributed by atoms with Crippen LogP contribution in [0.2, 0.25) is 0 Å². The van der Waals surface area contributed by atoms with Gasteiger partial charge < -0.3 is 10.5 Å². The van der Waals surface area contributed by atoms with E-state index in [-0.39, 0.29) is 6.04 Å². The van der Waals surface area contributed by atoms with E-state index in [1.807, 2.05) is 30.3 Å². The summed E-state index contributed by atoms with van der Waals surface area (Å²) in [5, 5.41) is 1.13. The zero-order valence-corrected chi connectivity index (χ0v) is 8.68. The zero-order valence-electron chi connectivity index (χ0n) is 8.68. The molecule has 2 rings (SSSR count). The maximum Gasteiger partial charge on any atom is 0.0705 e. The first-order valence-corrected chi connectivity index (χ1v) is 4.90. The topological polar surface area (TPSA) is 48.1 Å². The second-order valence-electron chi connectivity index (χ2n) is 3.52. The Balaban J connectivity index is 2.38. The highest BCUT2D eigenvalue weighted by atomic mass is 16.5. The summed E-state index contributed by atoms with van der Waals surface area (Å²) < 4.78 is 5.02. The highest BCUT2D eigenvalue weighted by Crippen LogP contribution is 2.17. The molecule has 0 spiro atoms. The maximum atomic E-state index is 5.94. The number of hydrogen-bond acceptors (Lipinski definition) is 3. The van der Waals surface area contributed by atoms with Crippen molar-refractivity contribution in [3.8, 4) is 0 Å². The average Bonchev–Trinajstić information content (AvgIpc) is 2.29. The van der Waals surface area contributed by atoms with E-state index in [2.05, 4.69) is 4.98 Å². The summed E-state index contributed by atoms with van der Waals surface area (Å²) in [6, 6.07) is 9.95. The number of methoxy groups -OCH3 is 1. The Morgan fingerprint density at radius 1 is 1.40 bits per heavy atom. The third-order valence-electron chi connectivity index (χ3n) is 2.40. The molecule has 0 aliphatic carbocycles. The van der Waals surface area contributed by atoms with Gasteiger partial charge in [0.15, 0.2) is 0 Å². The Labute approximate surface area is 88.9 Å². The van der Waals surface area contributed by atoms with Gasteiger partial charge in [-0.3, -0.25) is 4.98 Å². The fourth-order valence-electron chi connectivity index (χ4n) is 1.59. The van der Waals surface area contributed by atoms with Gasteiger partial charge in [-0.15, -0.1) is 0 Å². The molecular weight excluding hydrogens is 188 g/mol. The molecule has 1 aromatic carbocycles. The molecule has 2 aromatic rings. The van der Waals surface area contributed by atoms with Crippen molar-refractivity contribution in [1.29, 1.82) is 0 Å². The van der Waals surface area contributed by atoms with Gasteiger partial charge in [0.1, 0.15) is 0 Å². The van der Waals surface area contributed by atoms with Crippen LogP contribution in [0.15, 0.2) is 36.5 Å². The third-order valence-corrected chi connectivity index (χ3v) is 2.40. The van der Waals surface area contributed by atoms with Crippen molar-refractivity contribution >= 4 is 10.9 Å². The van der Waals surface area contributed by atoms with Gasteiger partial charge in [-0.2, -0.15) is 0 Å². The summed E-state index contributed by atoms with van der Waals surface area (Å²) in [6.07, 6.45) is 1.79. The summed E-state index contributed by atoms with van der Waals surface area (Å²) in [5.74, 6) is 0. The number of ether oxygens (including phenoxy) is 1. The molecule has 15 heavy (non-hydrogen) atoms. The van der Waals surface area contributed by atoms with Crippen LogP contribution < -0.4 is 5.73 Å². The highest BCUT2D eigenvalue weighted by molar-refractivity contribution is 5.78. The molecule has 3 heteroatoms. The number of hydrogen-bond donors (Lipinski definition) is 1. The lowest BCUT2D eigenvalue weighted by Gasteiger charge is -2.11. The molecule has 78 valence electrons. The Kier molecular flexibility index (Phi) is 2.94. The minimum atomic E-state index is -0.0820. The van der Waals surface area contributed by atoms with Crippen molar-refractivity contribution in [3.63, 3.8) is 0 Å². The fraction of sp³-hybridized carbons (Fsp3) is 0.250. The lowest BCUT2D eigenvalue weighted by atomic mass is 10.1. The van der Waals surface area contributed by atoms with Crippen molar-refractivity contribution in [1.82, 2.24) is 4.98 Å². The lowest BCUT2D eigenvalue weighted by Crippen LogP contribution is -2.15. The number of nitrogens with zero attached hydrogens (tertiary/aromatic N) is 1. The molecule has 0 saturated heterocycles. The van der Waals surface area contributed by atoms with Crippen LogP contribution in [0, 0.1) is 0 Å². The summed E-state index contributed by atoms with van der Waals surface area (Å²) in [7, 11) is 1.65. The van der Waals surface area contributed by atoms with Crippen LogP contribution in [0.3, 0.4) is 0 Å². The Bertz CT molecular complexity index is 456. The quantitative estimate of drug-likeness (QED) is 0.826. The number of rotatable bonds is 3. The van der Waals surface area contributed by atoms with Crippen LogP contribution in [0.5, 0.6) is 0 Å². The second-order valence-corrected chi connectivity index (χ2v) is 3.52. The number of aromatic nitrogens is 1. The molecule has 2 N–H and O–H groups in total. The summed E-state index contributed by atoms with van der Waals surface area (Å²) >= 11 is 0. The van der Waals surface area contributed by atoms with Gasteiger partial charge in [-0.1, -0.05) is 18.2 Å². The standard InChI is InChI=1S/C12H14N2O/c1-15-8-11(13)10-5-4-9-3-2-6-14-12(9)7-10/h2-7,11H,8,13H2,1H3. The van der Waals surface area contributed by atoms with E-state index in [0.29, 0.717) is 6.61 Å². The molecule has 3 nitrogen and oxygen atoms in total. The minimum Gasteiger partial charge on any atom is -0.383 e. The molecule has 0 radical (unpaired) electrons. The molecule has 1 aromatic heterocycles. The predicted molar refractivity (Wildman–Crippen MR) is 60.5 cm³/mol. The van der Waals surface area contributed by atoms with E-state index in [1.165, 1.54) is 0 Å². The normalized spacial score (nSPS) is 12.9. The van der Waals surface area contributed by atoms with Crippen molar-refractivity contribution < 1.29 is 4.74 Å². The van der Waals surface area contributed by atoms with Crippen molar-refractivity contribution in [3.05, 3.63) is 42.1 Å². The third kappa shape index (κ3) is 2.14. The first-order chi connectivity index (χ1) is 7.31. The predicted octanol–water partition coefficient (Wildman–Crippen LogP) is 1.88. The van der Waals surface area contributed by atoms with E-state index in [0.717, 1.165) is 16.5 Å². The minimum absolute atomic E-state index is 0.0820. The van der Waals surface area contributed by atoms with Crippen LogP contribution in [-0.2, 0) is 4.74 Å². The first-order valence-electron chi connectivity index (χ1n) is 4.90. The van der Waals surface area contributed by atoms with Crippen LogP contribution in [0.25, 0.3) is 10.9 Å². The average molecular weight is 202 g/mol. The summed E-state index contributed by atoms with van der Waals surface area (Å²) in [6.45, 7) is 0.526.